The molecule has 5 nitrogen and oxygen atoms in total. The van der Waals surface area contributed by atoms with Crippen LogP contribution in [0.5, 0.6) is 0 Å². The highest BCUT2D eigenvalue weighted by Crippen LogP contribution is 2.35. The average Bonchev–Trinajstić information content (AvgIpc) is 3.45. The Morgan fingerprint density at radius 1 is 0.970 bits per heavy atom. The fraction of sp³-hybridized carbons (Fsp3) is 0.286. The highest BCUT2D eigenvalue weighted by Gasteiger charge is 2.24. The molecule has 2 aromatic heterocycles. The van der Waals surface area contributed by atoms with E-state index >= 15 is 0 Å². The predicted molar refractivity (Wildman–Crippen MR) is 134 cm³/mol. The number of aromatic amines is 1. The van der Waals surface area contributed by atoms with Gasteiger partial charge in [0.2, 0.25) is 0 Å². The summed E-state index contributed by atoms with van der Waals surface area (Å²) in [4.78, 5) is 19.9. The number of hydrogen-bond donors (Lipinski definition) is 2. The van der Waals surface area contributed by atoms with E-state index in [9.17, 15) is 4.79 Å². The molecular weight excluding hydrogens is 408 g/mol. The Kier molecular flexibility index (Phi) is 7.08. The second kappa shape index (κ2) is 10.3. The molecule has 0 aliphatic heterocycles. The first kappa shape index (κ1) is 22.6. The number of hydrogen-bond acceptors (Lipinski definition) is 2. The summed E-state index contributed by atoms with van der Waals surface area (Å²) in [6, 6.07) is 18.8. The molecule has 5 heteroatoms. The number of carbonyl (C=O) groups excluding carboxylic acids is 1. The number of nitrogens with zero attached hydrogens (tertiary/aromatic N) is 2. The van der Waals surface area contributed by atoms with Crippen molar-refractivity contribution in [1.82, 2.24) is 14.5 Å². The highest BCUT2D eigenvalue weighted by atomic mass is 16.1. The van der Waals surface area contributed by atoms with Crippen LogP contribution < -0.4 is 5.73 Å². The minimum atomic E-state index is -0.369. The molecular formula is C28H32N4O. The number of imidazole rings is 1. The molecule has 4 aromatic rings. The lowest BCUT2D eigenvalue weighted by Gasteiger charge is -2.13. The molecule has 2 aromatic carbocycles. The van der Waals surface area contributed by atoms with Crippen LogP contribution in [-0.2, 0) is 19.4 Å². The van der Waals surface area contributed by atoms with E-state index in [0.29, 0.717) is 5.56 Å². The minimum absolute atomic E-state index is 0.369. The van der Waals surface area contributed by atoms with Gasteiger partial charge in [-0.3, -0.25) is 4.79 Å². The van der Waals surface area contributed by atoms with Crippen molar-refractivity contribution in [2.45, 2.75) is 52.5 Å². The van der Waals surface area contributed by atoms with Gasteiger partial charge in [0.1, 0.15) is 0 Å². The van der Waals surface area contributed by atoms with E-state index in [1.54, 1.807) is 6.33 Å². The molecule has 0 saturated heterocycles. The van der Waals surface area contributed by atoms with Gasteiger partial charge in [-0.25, -0.2) is 4.98 Å². The lowest BCUT2D eigenvalue weighted by Crippen LogP contribution is -2.14. The number of benzene rings is 2. The molecule has 0 aliphatic carbocycles. The first-order chi connectivity index (χ1) is 16.1. The maximum absolute atomic E-state index is 12.6. The summed E-state index contributed by atoms with van der Waals surface area (Å²) in [5.74, 6) is -0.369. The third-order valence-electron chi connectivity index (χ3n) is 6.33. The predicted octanol–water partition coefficient (Wildman–Crippen LogP) is 5.93. The third kappa shape index (κ3) is 4.92. The number of carbonyl (C=O) groups is 1. The normalized spacial score (nSPS) is 11.1. The molecule has 0 spiro atoms. The van der Waals surface area contributed by atoms with E-state index in [-0.39, 0.29) is 5.91 Å². The Morgan fingerprint density at radius 2 is 1.67 bits per heavy atom. The van der Waals surface area contributed by atoms with E-state index in [2.05, 4.69) is 57.9 Å². The van der Waals surface area contributed by atoms with Crippen LogP contribution in [0.4, 0.5) is 0 Å². The van der Waals surface area contributed by atoms with Gasteiger partial charge in [0.25, 0.3) is 5.91 Å². The zero-order chi connectivity index (χ0) is 23.2. The molecule has 2 heterocycles. The summed E-state index contributed by atoms with van der Waals surface area (Å²) in [5.41, 5.74) is 14.1. The Balaban J connectivity index is 1.77. The molecule has 4 rings (SSSR count). The number of primary amides is 1. The van der Waals surface area contributed by atoms with Gasteiger partial charge in [-0.1, -0.05) is 74.4 Å². The standard InChI is InChI=1S/C28H32N4O/c1-3-4-6-11-25-27(23-14-12-22(13-15-23)21-9-7-5-8-10-21)26(28(29)33)20(2)32(25)17-16-24-18-30-19-31-24/h5,7-10,12-15,18-19H,3-4,6,11,16-17H2,1-2H3,(H2,29,33)(H,30,31). The van der Waals surface area contributed by atoms with Crippen molar-refractivity contribution < 1.29 is 4.79 Å². The van der Waals surface area contributed by atoms with Gasteiger partial charge in [-0.15, -0.1) is 0 Å². The summed E-state index contributed by atoms with van der Waals surface area (Å²) in [7, 11) is 0. The lowest BCUT2D eigenvalue weighted by atomic mass is 9.95. The number of H-pyrrole nitrogens is 1. The first-order valence-corrected chi connectivity index (χ1v) is 11.7. The summed E-state index contributed by atoms with van der Waals surface area (Å²) < 4.78 is 2.29. The molecule has 1 amide bonds. The van der Waals surface area contributed by atoms with Gasteiger partial charge in [0.15, 0.2) is 0 Å². The van der Waals surface area contributed by atoms with Crippen LogP contribution in [0, 0.1) is 6.92 Å². The van der Waals surface area contributed by atoms with Crippen LogP contribution in [-0.4, -0.2) is 20.4 Å². The fourth-order valence-electron chi connectivity index (χ4n) is 4.63. The van der Waals surface area contributed by atoms with Crippen LogP contribution in [0.25, 0.3) is 22.3 Å². The zero-order valence-corrected chi connectivity index (χ0v) is 19.5. The summed E-state index contributed by atoms with van der Waals surface area (Å²) >= 11 is 0. The smallest absolute Gasteiger partial charge is 0.251 e. The molecule has 0 bridgehead atoms. The monoisotopic (exact) mass is 440 g/mol. The number of aromatic nitrogens is 3. The summed E-state index contributed by atoms with van der Waals surface area (Å²) in [6.45, 7) is 5.00. The Labute approximate surface area is 195 Å². The summed E-state index contributed by atoms with van der Waals surface area (Å²) in [6.07, 6.45) is 8.68. The number of nitrogens with two attached hydrogens (primary N) is 1. The largest absolute Gasteiger partial charge is 0.366 e. The van der Waals surface area contributed by atoms with Crippen LogP contribution in [0.2, 0.25) is 0 Å². The SMILES string of the molecule is CCCCCc1c(-c2ccc(-c3ccccc3)cc2)c(C(N)=O)c(C)n1CCc1cnc[nH]1. The molecule has 0 aliphatic rings. The number of nitrogens with one attached hydrogen (secondary N) is 1. The van der Waals surface area contributed by atoms with E-state index in [4.69, 9.17) is 5.73 Å². The van der Waals surface area contributed by atoms with E-state index in [0.717, 1.165) is 66.7 Å². The number of aryl methyl sites for hydroxylation is 1. The van der Waals surface area contributed by atoms with E-state index in [1.807, 2.05) is 31.3 Å². The molecule has 0 radical (unpaired) electrons. The minimum Gasteiger partial charge on any atom is -0.366 e. The Hall–Kier alpha value is -3.60. The van der Waals surface area contributed by atoms with Gasteiger partial charge in [-0.05, 0) is 36.5 Å². The van der Waals surface area contributed by atoms with Gasteiger partial charge >= 0.3 is 0 Å². The van der Waals surface area contributed by atoms with Gasteiger partial charge in [0, 0.05) is 41.8 Å². The highest BCUT2D eigenvalue weighted by molar-refractivity contribution is 6.02. The van der Waals surface area contributed by atoms with Gasteiger partial charge < -0.3 is 15.3 Å². The number of amides is 1. The number of rotatable bonds is 10. The second-order valence-electron chi connectivity index (χ2n) is 8.53. The molecule has 0 fully saturated rings. The molecule has 0 saturated carbocycles. The fourth-order valence-corrected chi connectivity index (χ4v) is 4.63. The molecule has 3 N–H and O–H groups in total. The van der Waals surface area contributed by atoms with E-state index in [1.165, 1.54) is 11.3 Å². The van der Waals surface area contributed by atoms with Crippen molar-refractivity contribution in [2.75, 3.05) is 0 Å². The second-order valence-corrected chi connectivity index (χ2v) is 8.53. The van der Waals surface area contributed by atoms with E-state index < -0.39 is 0 Å². The zero-order valence-electron chi connectivity index (χ0n) is 19.5. The van der Waals surface area contributed by atoms with Crippen LogP contribution in [0.15, 0.2) is 67.1 Å². The third-order valence-corrected chi connectivity index (χ3v) is 6.33. The van der Waals surface area contributed by atoms with Crippen LogP contribution >= 0.6 is 0 Å². The topological polar surface area (TPSA) is 76.7 Å². The maximum Gasteiger partial charge on any atom is 0.251 e. The molecule has 33 heavy (non-hydrogen) atoms. The van der Waals surface area contributed by atoms with Crippen molar-refractivity contribution in [3.05, 3.63) is 89.8 Å². The van der Waals surface area contributed by atoms with Crippen molar-refractivity contribution in [1.29, 1.82) is 0 Å². The van der Waals surface area contributed by atoms with Crippen LogP contribution in [0.1, 0.15) is 53.6 Å². The summed E-state index contributed by atoms with van der Waals surface area (Å²) in [5, 5.41) is 0. The van der Waals surface area contributed by atoms with Crippen molar-refractivity contribution in [2.24, 2.45) is 5.73 Å². The maximum atomic E-state index is 12.6. The molecule has 0 unspecified atom stereocenters. The van der Waals surface area contributed by atoms with Crippen molar-refractivity contribution in [3.8, 4) is 22.3 Å². The Morgan fingerprint density at radius 3 is 2.30 bits per heavy atom. The Bertz CT molecular complexity index is 1190. The van der Waals surface area contributed by atoms with Crippen LogP contribution in [0.3, 0.4) is 0 Å². The van der Waals surface area contributed by atoms with Gasteiger partial charge in [0.05, 0.1) is 11.9 Å². The van der Waals surface area contributed by atoms with Crippen molar-refractivity contribution >= 4 is 5.91 Å². The van der Waals surface area contributed by atoms with Crippen molar-refractivity contribution in [3.63, 3.8) is 0 Å². The van der Waals surface area contributed by atoms with Gasteiger partial charge in [-0.2, -0.15) is 0 Å². The number of unbranched alkanes of at least 4 members (excludes halogenated alkanes) is 2. The first-order valence-electron chi connectivity index (χ1n) is 11.7. The quantitative estimate of drug-likeness (QED) is 0.300. The average molecular weight is 441 g/mol. The lowest BCUT2D eigenvalue weighted by molar-refractivity contribution is 0.1000. The molecule has 0 atom stereocenters. The molecule has 170 valence electrons.